The Bertz CT molecular complexity index is 520. The lowest BCUT2D eigenvalue weighted by Gasteiger charge is -2.05. The number of hydrogen-bond donors (Lipinski definition) is 1. The third kappa shape index (κ3) is 4.80. The highest BCUT2D eigenvalue weighted by Gasteiger charge is 2.01. The highest BCUT2D eigenvalue weighted by molar-refractivity contribution is 9.10. The fraction of sp³-hybridized carbons (Fsp3) is 0.400. The lowest BCUT2D eigenvalue weighted by Crippen LogP contribution is -2.19. The molecule has 1 heterocycles. The molecule has 0 aliphatic heterocycles. The molecule has 0 aliphatic carbocycles. The van der Waals surface area contributed by atoms with Crippen molar-refractivity contribution in [2.45, 2.75) is 26.9 Å². The van der Waals surface area contributed by atoms with E-state index in [1.807, 2.05) is 23.0 Å². The molecule has 2 rings (SSSR count). The average molecular weight is 322 g/mol. The minimum Gasteiger partial charge on any atom is -0.311 e. The number of halogens is 1. The first-order valence-corrected chi connectivity index (χ1v) is 7.40. The van der Waals surface area contributed by atoms with E-state index in [2.05, 4.69) is 58.4 Å². The van der Waals surface area contributed by atoms with Crippen molar-refractivity contribution >= 4 is 15.9 Å². The molecule has 0 spiro atoms. The maximum atomic E-state index is 4.57. The first-order valence-electron chi connectivity index (χ1n) is 6.61. The van der Waals surface area contributed by atoms with Crippen LogP contribution in [0.15, 0.2) is 41.0 Å². The van der Waals surface area contributed by atoms with E-state index in [4.69, 9.17) is 0 Å². The van der Waals surface area contributed by atoms with Crippen LogP contribution in [0, 0.1) is 5.92 Å². The number of hydrogen-bond acceptors (Lipinski definition) is 2. The molecule has 1 aromatic carbocycles. The van der Waals surface area contributed by atoms with Gasteiger partial charge in [-0.25, -0.2) is 0 Å². The molecule has 0 amide bonds. The molecule has 0 fully saturated rings. The topological polar surface area (TPSA) is 29.9 Å². The summed E-state index contributed by atoms with van der Waals surface area (Å²) in [4.78, 5) is 0. The second-order valence-corrected chi connectivity index (χ2v) is 6.07. The summed E-state index contributed by atoms with van der Waals surface area (Å²) in [6.07, 6.45) is 2.04. The van der Waals surface area contributed by atoms with Gasteiger partial charge in [0.1, 0.15) is 0 Å². The zero-order valence-corrected chi connectivity index (χ0v) is 13.0. The number of benzene rings is 1. The molecule has 0 radical (unpaired) electrons. The molecule has 19 heavy (non-hydrogen) atoms. The largest absolute Gasteiger partial charge is 0.311 e. The standard InChI is InChI=1S/C15H20BrN3/c1-12(2)9-17-10-15-6-7-19(18-15)11-13-4-3-5-14(16)8-13/h3-8,12,17H,9-11H2,1-2H3. The van der Waals surface area contributed by atoms with Gasteiger partial charge in [0.2, 0.25) is 0 Å². The summed E-state index contributed by atoms with van der Waals surface area (Å²) in [5.74, 6) is 0.670. The predicted molar refractivity (Wildman–Crippen MR) is 82.0 cm³/mol. The second-order valence-electron chi connectivity index (χ2n) is 5.16. The van der Waals surface area contributed by atoms with E-state index >= 15 is 0 Å². The van der Waals surface area contributed by atoms with Crippen LogP contribution in [0.3, 0.4) is 0 Å². The molecule has 4 heteroatoms. The summed E-state index contributed by atoms with van der Waals surface area (Å²) in [5.41, 5.74) is 2.34. The van der Waals surface area contributed by atoms with Crippen LogP contribution in [0.25, 0.3) is 0 Å². The predicted octanol–water partition coefficient (Wildman–Crippen LogP) is 3.44. The first kappa shape index (κ1) is 14.3. The van der Waals surface area contributed by atoms with Crippen LogP contribution in [-0.2, 0) is 13.1 Å². The normalized spacial score (nSPS) is 11.2. The second kappa shape index (κ2) is 6.87. The highest BCUT2D eigenvalue weighted by Crippen LogP contribution is 2.12. The lowest BCUT2D eigenvalue weighted by molar-refractivity contribution is 0.543. The Kier molecular flexibility index (Phi) is 5.16. The molecular weight excluding hydrogens is 302 g/mol. The van der Waals surface area contributed by atoms with Crippen molar-refractivity contribution in [1.82, 2.24) is 15.1 Å². The van der Waals surface area contributed by atoms with Gasteiger partial charge in [0.05, 0.1) is 12.2 Å². The van der Waals surface area contributed by atoms with Gasteiger partial charge in [-0.3, -0.25) is 4.68 Å². The van der Waals surface area contributed by atoms with Gasteiger partial charge >= 0.3 is 0 Å². The Morgan fingerprint density at radius 3 is 2.89 bits per heavy atom. The van der Waals surface area contributed by atoms with Gasteiger partial charge in [0, 0.05) is 17.2 Å². The van der Waals surface area contributed by atoms with Gasteiger partial charge in [0.25, 0.3) is 0 Å². The van der Waals surface area contributed by atoms with Crippen LogP contribution in [0.2, 0.25) is 0 Å². The van der Waals surface area contributed by atoms with Gasteiger partial charge in [0.15, 0.2) is 0 Å². The van der Waals surface area contributed by atoms with E-state index in [-0.39, 0.29) is 0 Å². The molecule has 102 valence electrons. The molecule has 1 aromatic heterocycles. The monoisotopic (exact) mass is 321 g/mol. The summed E-state index contributed by atoms with van der Waals surface area (Å²) in [6.45, 7) is 7.09. The minimum atomic E-state index is 0.670. The number of nitrogens with zero attached hydrogens (tertiary/aromatic N) is 2. The molecule has 0 bridgehead atoms. The molecule has 1 N–H and O–H groups in total. The number of nitrogens with one attached hydrogen (secondary N) is 1. The molecule has 0 saturated heterocycles. The van der Waals surface area contributed by atoms with Crippen LogP contribution in [0.4, 0.5) is 0 Å². The Labute approximate surface area is 123 Å². The minimum absolute atomic E-state index is 0.670. The molecule has 3 nitrogen and oxygen atoms in total. The summed E-state index contributed by atoms with van der Waals surface area (Å²) < 4.78 is 3.09. The van der Waals surface area contributed by atoms with Gasteiger partial charge in [-0.2, -0.15) is 5.10 Å². The molecule has 0 unspecified atom stereocenters. The van der Waals surface area contributed by atoms with E-state index in [1.54, 1.807) is 0 Å². The van der Waals surface area contributed by atoms with Crippen molar-refractivity contribution in [3.8, 4) is 0 Å². The summed E-state index contributed by atoms with van der Waals surface area (Å²) >= 11 is 3.49. The Morgan fingerprint density at radius 1 is 1.32 bits per heavy atom. The van der Waals surface area contributed by atoms with Gasteiger partial charge in [-0.1, -0.05) is 41.9 Å². The van der Waals surface area contributed by atoms with E-state index in [9.17, 15) is 0 Å². The van der Waals surface area contributed by atoms with Crippen LogP contribution >= 0.6 is 15.9 Å². The average Bonchev–Trinajstić information content (AvgIpc) is 2.76. The molecule has 0 atom stereocenters. The molecular formula is C15H20BrN3. The zero-order valence-electron chi connectivity index (χ0n) is 11.4. The summed E-state index contributed by atoms with van der Waals surface area (Å²) in [7, 11) is 0. The SMILES string of the molecule is CC(C)CNCc1ccn(Cc2cccc(Br)c2)n1. The van der Waals surface area contributed by atoms with Crippen LogP contribution in [-0.4, -0.2) is 16.3 Å². The molecule has 0 aliphatic rings. The molecule has 2 aromatic rings. The fourth-order valence-electron chi connectivity index (χ4n) is 1.90. The smallest absolute Gasteiger partial charge is 0.0762 e. The van der Waals surface area contributed by atoms with Gasteiger partial charge < -0.3 is 5.32 Å². The number of rotatable bonds is 6. The lowest BCUT2D eigenvalue weighted by atomic mass is 10.2. The summed E-state index contributed by atoms with van der Waals surface area (Å²) in [5, 5.41) is 7.98. The third-order valence-electron chi connectivity index (χ3n) is 2.79. The van der Waals surface area contributed by atoms with Crippen molar-refractivity contribution in [2.75, 3.05) is 6.54 Å². The van der Waals surface area contributed by atoms with Gasteiger partial charge in [-0.05, 0) is 36.2 Å². The maximum absolute atomic E-state index is 4.57. The summed E-state index contributed by atoms with van der Waals surface area (Å²) in [6, 6.07) is 10.4. The zero-order chi connectivity index (χ0) is 13.7. The van der Waals surface area contributed by atoms with E-state index < -0.39 is 0 Å². The van der Waals surface area contributed by atoms with Crippen LogP contribution < -0.4 is 5.32 Å². The Balaban J connectivity index is 1.90. The van der Waals surface area contributed by atoms with Crippen LogP contribution in [0.5, 0.6) is 0 Å². The van der Waals surface area contributed by atoms with Crippen molar-refractivity contribution < 1.29 is 0 Å². The van der Waals surface area contributed by atoms with Crippen molar-refractivity contribution in [3.63, 3.8) is 0 Å². The Hall–Kier alpha value is -1.13. The third-order valence-corrected chi connectivity index (χ3v) is 3.28. The van der Waals surface area contributed by atoms with Crippen molar-refractivity contribution in [1.29, 1.82) is 0 Å². The van der Waals surface area contributed by atoms with Crippen molar-refractivity contribution in [3.05, 3.63) is 52.3 Å². The van der Waals surface area contributed by atoms with Gasteiger partial charge in [-0.15, -0.1) is 0 Å². The van der Waals surface area contributed by atoms with E-state index in [0.29, 0.717) is 5.92 Å². The maximum Gasteiger partial charge on any atom is 0.0762 e. The molecule has 0 saturated carbocycles. The fourth-order valence-corrected chi connectivity index (χ4v) is 2.34. The quantitative estimate of drug-likeness (QED) is 0.883. The van der Waals surface area contributed by atoms with Crippen LogP contribution in [0.1, 0.15) is 25.1 Å². The first-order chi connectivity index (χ1) is 9.13. The Morgan fingerprint density at radius 2 is 2.16 bits per heavy atom. The van der Waals surface area contributed by atoms with Crippen molar-refractivity contribution in [2.24, 2.45) is 5.92 Å². The van der Waals surface area contributed by atoms with E-state index in [1.165, 1.54) is 5.56 Å². The number of aromatic nitrogens is 2. The van der Waals surface area contributed by atoms with E-state index in [0.717, 1.165) is 29.8 Å². The highest BCUT2D eigenvalue weighted by atomic mass is 79.9.